The van der Waals surface area contributed by atoms with Crippen LogP contribution in [0.25, 0.3) is 6.08 Å². The van der Waals surface area contributed by atoms with Gasteiger partial charge in [-0.3, -0.25) is 0 Å². The molecule has 0 aromatic carbocycles. The smallest absolute Gasteiger partial charge is 0.349 e. The van der Waals surface area contributed by atoms with Crippen molar-refractivity contribution in [3.8, 4) is 6.07 Å². The van der Waals surface area contributed by atoms with Crippen molar-refractivity contribution in [1.29, 1.82) is 5.26 Å². The van der Waals surface area contributed by atoms with Crippen LogP contribution in [0.5, 0.6) is 0 Å². The molecule has 84 valence electrons. The van der Waals surface area contributed by atoms with Crippen molar-refractivity contribution in [2.75, 3.05) is 0 Å². The van der Waals surface area contributed by atoms with Crippen molar-refractivity contribution in [2.24, 2.45) is 0 Å². The Morgan fingerprint density at radius 2 is 2.25 bits per heavy atom. The van der Waals surface area contributed by atoms with Crippen LogP contribution in [-0.4, -0.2) is 11.6 Å². The molecule has 0 N–H and O–H groups in total. The summed E-state index contributed by atoms with van der Waals surface area (Å²) in [5.74, 6) is -0.580. The van der Waals surface area contributed by atoms with Crippen LogP contribution in [0.1, 0.15) is 25.6 Å². The van der Waals surface area contributed by atoms with Crippen molar-refractivity contribution in [1.82, 2.24) is 0 Å². The van der Waals surface area contributed by atoms with Crippen LogP contribution in [0.4, 0.5) is 0 Å². The summed E-state index contributed by atoms with van der Waals surface area (Å²) in [6, 6.07) is 5.56. The molecule has 0 aliphatic rings. The molecule has 1 rings (SSSR count). The van der Waals surface area contributed by atoms with E-state index in [1.807, 2.05) is 23.6 Å². The van der Waals surface area contributed by atoms with E-state index in [0.717, 1.165) is 4.88 Å². The highest BCUT2D eigenvalue weighted by molar-refractivity contribution is 7.10. The SMILES string of the molecule is CC(C)(C)OC(=O)C(C#N)=Cc1cccs1. The number of nitrogens with zero attached hydrogens (tertiary/aromatic N) is 1. The van der Waals surface area contributed by atoms with Gasteiger partial charge in [-0.25, -0.2) is 4.79 Å². The van der Waals surface area contributed by atoms with E-state index in [4.69, 9.17) is 10.00 Å². The third-order valence-electron chi connectivity index (χ3n) is 1.57. The molecule has 1 aromatic heterocycles. The number of hydrogen-bond acceptors (Lipinski definition) is 4. The van der Waals surface area contributed by atoms with E-state index in [-0.39, 0.29) is 5.57 Å². The zero-order valence-electron chi connectivity index (χ0n) is 9.48. The Labute approximate surface area is 99.0 Å². The van der Waals surface area contributed by atoms with Crippen molar-refractivity contribution < 1.29 is 9.53 Å². The van der Waals surface area contributed by atoms with Gasteiger partial charge in [-0.1, -0.05) is 6.07 Å². The summed E-state index contributed by atoms with van der Waals surface area (Å²) in [6.45, 7) is 5.31. The minimum absolute atomic E-state index is 0.0253. The summed E-state index contributed by atoms with van der Waals surface area (Å²) >= 11 is 1.47. The molecule has 4 heteroatoms. The standard InChI is InChI=1S/C12H13NO2S/c1-12(2,3)15-11(14)9(8-13)7-10-5-4-6-16-10/h4-7H,1-3H3. The highest BCUT2D eigenvalue weighted by Gasteiger charge is 2.19. The summed E-state index contributed by atoms with van der Waals surface area (Å²) in [6.07, 6.45) is 1.54. The zero-order chi connectivity index (χ0) is 12.2. The van der Waals surface area contributed by atoms with E-state index in [1.165, 1.54) is 11.3 Å². The predicted octanol–water partition coefficient (Wildman–Crippen LogP) is 3.00. The predicted molar refractivity (Wildman–Crippen MR) is 63.8 cm³/mol. The maximum Gasteiger partial charge on any atom is 0.349 e. The Balaban J connectivity index is 2.85. The second kappa shape index (κ2) is 4.95. The number of rotatable bonds is 2. The summed E-state index contributed by atoms with van der Waals surface area (Å²) < 4.78 is 5.11. The van der Waals surface area contributed by atoms with Crippen LogP contribution in [0, 0.1) is 11.3 Å². The van der Waals surface area contributed by atoms with Crippen molar-refractivity contribution >= 4 is 23.4 Å². The Hall–Kier alpha value is -1.60. The summed E-state index contributed by atoms with van der Waals surface area (Å²) in [5, 5.41) is 10.8. The third-order valence-corrected chi connectivity index (χ3v) is 2.39. The molecule has 1 aromatic rings. The molecule has 0 unspecified atom stereocenters. The van der Waals surface area contributed by atoms with Gasteiger partial charge in [0.1, 0.15) is 17.2 Å². The van der Waals surface area contributed by atoms with Crippen LogP contribution < -0.4 is 0 Å². The number of nitriles is 1. The van der Waals surface area contributed by atoms with Crippen LogP contribution in [0.15, 0.2) is 23.1 Å². The molecule has 1 heterocycles. The maximum absolute atomic E-state index is 11.6. The minimum atomic E-state index is -0.581. The number of carbonyl (C=O) groups is 1. The molecular weight excluding hydrogens is 222 g/mol. The number of hydrogen-bond donors (Lipinski definition) is 0. The number of ether oxygens (including phenoxy) is 1. The van der Waals surface area contributed by atoms with Gasteiger partial charge in [-0.05, 0) is 38.3 Å². The fraction of sp³-hybridized carbons (Fsp3) is 0.333. The van der Waals surface area contributed by atoms with Gasteiger partial charge in [0.25, 0.3) is 0 Å². The first-order chi connectivity index (χ1) is 7.42. The van der Waals surface area contributed by atoms with E-state index < -0.39 is 11.6 Å². The van der Waals surface area contributed by atoms with Gasteiger partial charge in [-0.2, -0.15) is 5.26 Å². The first kappa shape index (κ1) is 12.5. The first-order valence-electron chi connectivity index (χ1n) is 4.81. The Morgan fingerprint density at radius 1 is 1.56 bits per heavy atom. The molecule has 0 atom stereocenters. The molecule has 3 nitrogen and oxygen atoms in total. The molecule has 0 saturated heterocycles. The second-order valence-corrected chi connectivity index (χ2v) is 5.17. The second-order valence-electron chi connectivity index (χ2n) is 4.19. The van der Waals surface area contributed by atoms with Gasteiger partial charge in [0.2, 0.25) is 0 Å². The fourth-order valence-electron chi connectivity index (χ4n) is 0.986. The zero-order valence-corrected chi connectivity index (χ0v) is 10.3. The molecule has 0 aliphatic heterocycles. The van der Waals surface area contributed by atoms with Crippen molar-refractivity contribution in [3.63, 3.8) is 0 Å². The van der Waals surface area contributed by atoms with E-state index in [0.29, 0.717) is 0 Å². The number of carbonyl (C=O) groups excluding carboxylic acids is 1. The van der Waals surface area contributed by atoms with Crippen molar-refractivity contribution in [3.05, 3.63) is 28.0 Å². The molecule has 0 amide bonds. The monoisotopic (exact) mass is 235 g/mol. The molecular formula is C12H13NO2S. The lowest BCUT2D eigenvalue weighted by Crippen LogP contribution is -2.24. The highest BCUT2D eigenvalue weighted by atomic mass is 32.1. The topological polar surface area (TPSA) is 50.1 Å². The lowest BCUT2D eigenvalue weighted by molar-refractivity contribution is -0.149. The van der Waals surface area contributed by atoms with Crippen LogP contribution in [0.2, 0.25) is 0 Å². The number of esters is 1. The van der Waals surface area contributed by atoms with Crippen LogP contribution in [-0.2, 0) is 9.53 Å². The molecule has 0 spiro atoms. The van der Waals surface area contributed by atoms with Gasteiger partial charge in [0, 0.05) is 4.88 Å². The van der Waals surface area contributed by atoms with Crippen LogP contribution >= 0.6 is 11.3 Å². The molecule has 0 fully saturated rings. The largest absolute Gasteiger partial charge is 0.456 e. The lowest BCUT2D eigenvalue weighted by Gasteiger charge is -2.18. The minimum Gasteiger partial charge on any atom is -0.456 e. The summed E-state index contributed by atoms with van der Waals surface area (Å²) in [5.41, 5.74) is -0.556. The van der Waals surface area contributed by atoms with Gasteiger partial charge < -0.3 is 4.74 Å². The van der Waals surface area contributed by atoms with Crippen molar-refractivity contribution in [2.45, 2.75) is 26.4 Å². The lowest BCUT2D eigenvalue weighted by atomic mass is 10.2. The third kappa shape index (κ3) is 3.87. The summed E-state index contributed by atoms with van der Waals surface area (Å²) in [7, 11) is 0. The van der Waals surface area contributed by atoms with Gasteiger partial charge in [-0.15, -0.1) is 11.3 Å². The average molecular weight is 235 g/mol. The highest BCUT2D eigenvalue weighted by Crippen LogP contribution is 2.16. The quantitative estimate of drug-likeness (QED) is 0.450. The molecule has 0 radical (unpaired) electrons. The number of thiophene rings is 1. The normalized spacial score (nSPS) is 12.0. The van der Waals surface area contributed by atoms with E-state index >= 15 is 0 Å². The maximum atomic E-state index is 11.6. The Bertz CT molecular complexity index is 433. The van der Waals surface area contributed by atoms with E-state index in [1.54, 1.807) is 26.8 Å². The molecule has 0 bridgehead atoms. The summed E-state index contributed by atoms with van der Waals surface area (Å²) in [4.78, 5) is 12.5. The average Bonchev–Trinajstić information content (AvgIpc) is 2.63. The Morgan fingerprint density at radius 3 is 2.69 bits per heavy atom. The fourth-order valence-corrected chi connectivity index (χ4v) is 1.64. The Kier molecular flexibility index (Phi) is 3.86. The van der Waals surface area contributed by atoms with Gasteiger partial charge >= 0.3 is 5.97 Å². The van der Waals surface area contributed by atoms with E-state index in [2.05, 4.69) is 0 Å². The van der Waals surface area contributed by atoms with E-state index in [9.17, 15) is 4.79 Å². The van der Waals surface area contributed by atoms with Gasteiger partial charge in [0.05, 0.1) is 0 Å². The molecule has 0 aliphatic carbocycles. The first-order valence-corrected chi connectivity index (χ1v) is 5.69. The molecule has 0 saturated carbocycles. The van der Waals surface area contributed by atoms with Crippen LogP contribution in [0.3, 0.4) is 0 Å². The van der Waals surface area contributed by atoms with Gasteiger partial charge in [0.15, 0.2) is 0 Å². The molecule has 16 heavy (non-hydrogen) atoms.